The van der Waals surface area contributed by atoms with Crippen molar-refractivity contribution in [2.75, 3.05) is 6.61 Å². The maximum atomic E-state index is 12.5. The Morgan fingerprint density at radius 2 is 2.08 bits per heavy atom. The third-order valence-corrected chi connectivity index (χ3v) is 6.54. The lowest BCUT2D eigenvalue weighted by atomic mass is 10.2. The first-order chi connectivity index (χ1) is 11.2. The summed E-state index contributed by atoms with van der Waals surface area (Å²) in [6, 6.07) is 3.83. The zero-order valence-electron chi connectivity index (χ0n) is 14.3. The number of nitrogens with zero attached hydrogens (tertiary/aromatic N) is 1. The van der Waals surface area contributed by atoms with Crippen molar-refractivity contribution in [1.29, 1.82) is 0 Å². The van der Waals surface area contributed by atoms with Gasteiger partial charge >= 0.3 is 0 Å². The average molecular weight is 389 g/mol. The van der Waals surface area contributed by atoms with E-state index in [0.717, 1.165) is 29.4 Å². The molecule has 0 saturated heterocycles. The summed E-state index contributed by atoms with van der Waals surface area (Å²) >= 11 is 11.5. The van der Waals surface area contributed by atoms with Crippen molar-refractivity contribution in [3.63, 3.8) is 0 Å². The first-order valence-corrected chi connectivity index (χ1v) is 9.97. The number of rotatable bonds is 4. The fraction of sp³-hybridized carbons (Fsp3) is 0.529. The van der Waals surface area contributed by atoms with Crippen LogP contribution < -0.4 is 9.46 Å². The van der Waals surface area contributed by atoms with Gasteiger partial charge in [-0.05, 0) is 46.6 Å². The lowest BCUT2D eigenvalue weighted by molar-refractivity contribution is 0.341. The first kappa shape index (κ1) is 18.2. The van der Waals surface area contributed by atoms with Gasteiger partial charge in [-0.3, -0.25) is 0 Å². The van der Waals surface area contributed by atoms with Crippen LogP contribution in [0, 0.1) is 0 Å². The van der Waals surface area contributed by atoms with E-state index >= 15 is 0 Å². The van der Waals surface area contributed by atoms with Gasteiger partial charge in [0.05, 0.1) is 22.2 Å². The van der Waals surface area contributed by atoms with Crippen LogP contribution in [-0.2, 0) is 17.8 Å². The van der Waals surface area contributed by atoms with E-state index in [-0.39, 0.29) is 10.9 Å². The first-order valence-electron chi connectivity index (χ1n) is 8.06. The zero-order chi connectivity index (χ0) is 17.6. The largest absolute Gasteiger partial charge is 0.598 e. The van der Waals surface area contributed by atoms with Crippen LogP contribution in [0.15, 0.2) is 12.1 Å². The molecule has 1 aliphatic heterocycles. The van der Waals surface area contributed by atoms with Crippen LogP contribution in [0.2, 0.25) is 10.0 Å². The van der Waals surface area contributed by atoms with Gasteiger partial charge in [0.2, 0.25) is 0 Å². The highest BCUT2D eigenvalue weighted by Crippen LogP contribution is 2.43. The smallest absolute Gasteiger partial charge is 0.145 e. The van der Waals surface area contributed by atoms with Crippen molar-refractivity contribution in [1.82, 2.24) is 9.29 Å². The number of hydrogen-bond donors (Lipinski definition) is 1. The van der Waals surface area contributed by atoms with Gasteiger partial charge in [0.1, 0.15) is 16.7 Å². The standard InChI is InChI=1S/C17H22Cl2N2O2S/c1-5-23-13-9-12(18)15(19)11-8-10-6-7-14(21(10)16(11)13)20-24(22)17(2,3)4/h8-9,14,20H,5-7H2,1-4H3/t14-,24-/m1/s1. The molecule has 1 N–H and O–H groups in total. The van der Waals surface area contributed by atoms with E-state index < -0.39 is 11.4 Å². The number of hydrogen-bond acceptors (Lipinski definition) is 3. The lowest BCUT2D eigenvalue weighted by Crippen LogP contribution is -2.42. The van der Waals surface area contributed by atoms with E-state index in [2.05, 4.69) is 15.4 Å². The van der Waals surface area contributed by atoms with E-state index in [4.69, 9.17) is 27.9 Å². The fourth-order valence-corrected chi connectivity index (χ4v) is 4.24. The van der Waals surface area contributed by atoms with Crippen molar-refractivity contribution in [2.24, 2.45) is 0 Å². The van der Waals surface area contributed by atoms with Crippen molar-refractivity contribution in [2.45, 2.75) is 51.4 Å². The van der Waals surface area contributed by atoms with E-state index in [9.17, 15) is 4.55 Å². The highest BCUT2D eigenvalue weighted by atomic mass is 35.5. The topological polar surface area (TPSA) is 49.2 Å². The Morgan fingerprint density at radius 3 is 2.71 bits per heavy atom. The molecular weight excluding hydrogens is 367 g/mol. The van der Waals surface area contributed by atoms with Gasteiger partial charge in [0, 0.05) is 28.5 Å². The number of aromatic nitrogens is 1. The quantitative estimate of drug-likeness (QED) is 0.761. The molecule has 0 radical (unpaired) electrons. The summed E-state index contributed by atoms with van der Waals surface area (Å²) in [7, 11) is 0. The molecule has 0 amide bonds. The number of ether oxygens (including phenoxy) is 1. The number of nitrogens with one attached hydrogen (secondary N) is 1. The van der Waals surface area contributed by atoms with Crippen molar-refractivity contribution >= 4 is 45.5 Å². The molecule has 7 heteroatoms. The van der Waals surface area contributed by atoms with Crippen LogP contribution in [0.25, 0.3) is 10.9 Å². The van der Waals surface area contributed by atoms with E-state index in [1.165, 1.54) is 0 Å². The van der Waals surface area contributed by atoms with E-state index in [1.807, 2.05) is 27.7 Å². The third-order valence-electron chi connectivity index (χ3n) is 4.14. The minimum Gasteiger partial charge on any atom is -0.598 e. The van der Waals surface area contributed by atoms with Gasteiger partial charge < -0.3 is 13.9 Å². The van der Waals surface area contributed by atoms with E-state index in [1.54, 1.807) is 6.07 Å². The van der Waals surface area contributed by atoms with Gasteiger partial charge in [0.25, 0.3) is 0 Å². The second-order valence-electron chi connectivity index (χ2n) is 6.92. The molecule has 1 aromatic carbocycles. The Hall–Kier alpha value is -0.590. The fourth-order valence-electron chi connectivity index (χ4n) is 3.01. The second-order valence-corrected chi connectivity index (χ2v) is 9.71. The summed E-state index contributed by atoms with van der Waals surface area (Å²) in [5, 5.41) is 1.91. The molecule has 132 valence electrons. The van der Waals surface area contributed by atoms with Crippen LogP contribution in [0.4, 0.5) is 0 Å². The number of benzene rings is 1. The summed E-state index contributed by atoms with van der Waals surface area (Å²) in [6.07, 6.45) is 1.74. The molecule has 0 bridgehead atoms. The maximum absolute atomic E-state index is 12.5. The van der Waals surface area contributed by atoms with Crippen molar-refractivity contribution in [3.05, 3.63) is 27.9 Å². The van der Waals surface area contributed by atoms with Gasteiger partial charge in [0.15, 0.2) is 0 Å². The molecule has 2 heterocycles. The van der Waals surface area contributed by atoms with Crippen LogP contribution >= 0.6 is 23.2 Å². The SMILES string of the molecule is CCOc1cc(Cl)c(Cl)c2cc3n(c12)[C@@H](N[S@+]([O-])C(C)(C)C)CC3. The van der Waals surface area contributed by atoms with Crippen LogP contribution in [0.3, 0.4) is 0 Å². The number of aryl methyl sites for hydroxylation is 1. The predicted octanol–water partition coefficient (Wildman–Crippen LogP) is 4.84. The van der Waals surface area contributed by atoms with Gasteiger partial charge in [-0.1, -0.05) is 23.2 Å². The van der Waals surface area contributed by atoms with Crippen LogP contribution in [0.1, 0.15) is 46.0 Å². The molecular formula is C17H22Cl2N2O2S. The van der Waals surface area contributed by atoms with Gasteiger partial charge in [-0.2, -0.15) is 0 Å². The molecule has 0 fully saturated rings. The Balaban J connectivity index is 2.10. The normalized spacial score (nSPS) is 18.9. The highest BCUT2D eigenvalue weighted by molar-refractivity contribution is 7.90. The predicted molar refractivity (Wildman–Crippen MR) is 102 cm³/mol. The number of halogens is 2. The Morgan fingerprint density at radius 1 is 1.38 bits per heavy atom. The third kappa shape index (κ3) is 3.13. The minimum atomic E-state index is -1.15. The summed E-state index contributed by atoms with van der Waals surface area (Å²) < 4.78 is 23.4. The van der Waals surface area contributed by atoms with E-state index in [0.29, 0.717) is 22.4 Å². The van der Waals surface area contributed by atoms with Gasteiger partial charge in [-0.15, -0.1) is 4.72 Å². The Labute approximate surface area is 155 Å². The Bertz CT molecular complexity index is 770. The lowest BCUT2D eigenvalue weighted by Gasteiger charge is -2.27. The molecule has 3 rings (SSSR count). The maximum Gasteiger partial charge on any atom is 0.145 e. The van der Waals surface area contributed by atoms with Crippen molar-refractivity contribution in [3.8, 4) is 5.75 Å². The van der Waals surface area contributed by atoms with Crippen LogP contribution in [-0.4, -0.2) is 20.5 Å². The molecule has 1 aromatic heterocycles. The molecule has 0 spiro atoms. The summed E-state index contributed by atoms with van der Waals surface area (Å²) in [6.45, 7) is 8.36. The monoisotopic (exact) mass is 388 g/mol. The molecule has 1 aliphatic rings. The highest BCUT2D eigenvalue weighted by Gasteiger charge is 2.34. The van der Waals surface area contributed by atoms with Crippen molar-refractivity contribution < 1.29 is 9.29 Å². The van der Waals surface area contributed by atoms with Crippen LogP contribution in [0.5, 0.6) is 5.75 Å². The molecule has 4 nitrogen and oxygen atoms in total. The number of fused-ring (bicyclic) bond motifs is 3. The Kier molecular flexibility index (Phi) is 5.02. The van der Waals surface area contributed by atoms with Gasteiger partial charge in [-0.25, -0.2) is 0 Å². The summed E-state index contributed by atoms with van der Waals surface area (Å²) in [4.78, 5) is 0. The summed E-state index contributed by atoms with van der Waals surface area (Å²) in [5.41, 5.74) is 2.07. The average Bonchev–Trinajstić information content (AvgIpc) is 3.04. The molecule has 0 saturated carbocycles. The minimum absolute atomic E-state index is 0.0472. The molecule has 24 heavy (non-hydrogen) atoms. The molecule has 0 aliphatic carbocycles. The molecule has 0 unspecified atom stereocenters. The molecule has 2 atom stereocenters. The molecule has 2 aromatic rings. The second kappa shape index (κ2) is 6.61. The summed E-state index contributed by atoms with van der Waals surface area (Å²) in [5.74, 6) is 0.711. The zero-order valence-corrected chi connectivity index (χ0v) is 16.6.